The Hall–Kier alpha value is 0.610. The van der Waals surface area contributed by atoms with Crippen molar-refractivity contribution in [1.82, 2.24) is 5.32 Å². The van der Waals surface area contributed by atoms with Crippen LogP contribution in [0.15, 0.2) is 24.3 Å². The van der Waals surface area contributed by atoms with Gasteiger partial charge in [0.1, 0.15) is 0 Å². The summed E-state index contributed by atoms with van der Waals surface area (Å²) in [7, 11) is 0. The van der Waals surface area contributed by atoms with E-state index in [1.165, 1.54) is 26.4 Å². The van der Waals surface area contributed by atoms with Gasteiger partial charge in [-0.15, -0.1) is 0 Å². The van der Waals surface area contributed by atoms with Gasteiger partial charge in [-0.25, -0.2) is 0 Å². The molecule has 0 spiro atoms. The van der Waals surface area contributed by atoms with Crippen LogP contribution < -0.4 is 5.32 Å². The minimum atomic E-state index is 0.808. The van der Waals surface area contributed by atoms with Crippen LogP contribution in [0.3, 0.4) is 0 Å². The molecule has 1 aliphatic heterocycles. The molecule has 1 atom stereocenters. The molecule has 2 rings (SSSR count). The van der Waals surface area contributed by atoms with Gasteiger partial charge in [0.15, 0.2) is 0 Å². The maximum Gasteiger partial charge on any atom is 0.0263 e. The molecule has 0 aromatic heterocycles. The maximum atomic E-state index is 3.55. The van der Waals surface area contributed by atoms with E-state index >= 15 is 0 Å². The fourth-order valence-corrected chi connectivity index (χ4v) is 4.64. The number of benzene rings is 1. The number of thioether (sulfide) groups is 2. The Balaban J connectivity index is 1.69. The zero-order valence-corrected chi connectivity index (χ0v) is 12.9. The molecule has 0 saturated carbocycles. The number of hydrogen-bond donors (Lipinski definition) is 1. The molecule has 16 heavy (non-hydrogen) atoms. The quantitative estimate of drug-likeness (QED) is 0.823. The third-order valence-corrected chi connectivity index (χ3v) is 6.06. The summed E-state index contributed by atoms with van der Waals surface area (Å²) in [6, 6.07) is 8.75. The van der Waals surface area contributed by atoms with E-state index in [1.54, 1.807) is 0 Å². The van der Waals surface area contributed by atoms with Crippen LogP contribution in [0.4, 0.5) is 0 Å². The van der Waals surface area contributed by atoms with Crippen LogP contribution in [0.5, 0.6) is 0 Å². The first-order chi connectivity index (χ1) is 7.84. The molecule has 1 fully saturated rings. The zero-order chi connectivity index (χ0) is 11.2. The molecule has 1 aliphatic rings. The highest BCUT2D eigenvalue weighted by molar-refractivity contribution is 14.1. The van der Waals surface area contributed by atoms with E-state index < -0.39 is 0 Å². The molecule has 4 heteroatoms. The Morgan fingerprint density at radius 1 is 1.25 bits per heavy atom. The van der Waals surface area contributed by atoms with E-state index in [9.17, 15) is 0 Å². The van der Waals surface area contributed by atoms with Gasteiger partial charge in [0.05, 0.1) is 0 Å². The van der Waals surface area contributed by atoms with Gasteiger partial charge in [0.2, 0.25) is 0 Å². The molecule has 1 nitrogen and oxygen atoms in total. The molecule has 1 unspecified atom stereocenters. The molecule has 88 valence electrons. The first kappa shape index (κ1) is 13.1. The van der Waals surface area contributed by atoms with Crippen molar-refractivity contribution in [1.29, 1.82) is 0 Å². The summed E-state index contributed by atoms with van der Waals surface area (Å²) in [5, 5.41) is 4.36. The second kappa shape index (κ2) is 7.13. The van der Waals surface area contributed by atoms with Crippen molar-refractivity contribution in [3.8, 4) is 0 Å². The van der Waals surface area contributed by atoms with Gasteiger partial charge < -0.3 is 5.32 Å². The van der Waals surface area contributed by atoms with Crippen molar-refractivity contribution < 1.29 is 0 Å². The second-order valence-electron chi connectivity index (χ2n) is 3.83. The lowest BCUT2D eigenvalue weighted by Crippen LogP contribution is -2.28. The molecule has 1 heterocycles. The fourth-order valence-electron chi connectivity index (χ4n) is 1.63. The molecule has 1 saturated heterocycles. The summed E-state index contributed by atoms with van der Waals surface area (Å²) in [6.07, 6.45) is 0. The average molecular weight is 365 g/mol. The van der Waals surface area contributed by atoms with Gasteiger partial charge >= 0.3 is 0 Å². The summed E-state index contributed by atoms with van der Waals surface area (Å²) in [4.78, 5) is 0. The van der Waals surface area contributed by atoms with E-state index in [4.69, 9.17) is 0 Å². The van der Waals surface area contributed by atoms with Crippen molar-refractivity contribution in [3.63, 3.8) is 0 Å². The van der Waals surface area contributed by atoms with Crippen LogP contribution in [0.2, 0.25) is 0 Å². The predicted molar refractivity (Wildman–Crippen MR) is 84.4 cm³/mol. The maximum absolute atomic E-state index is 3.55. The monoisotopic (exact) mass is 365 g/mol. The van der Waals surface area contributed by atoms with Crippen molar-refractivity contribution in [3.05, 3.63) is 33.4 Å². The van der Waals surface area contributed by atoms with Crippen LogP contribution in [-0.2, 0) is 6.54 Å². The Labute approximate surface area is 120 Å². The zero-order valence-electron chi connectivity index (χ0n) is 9.12. The highest BCUT2D eigenvalue weighted by atomic mass is 127. The van der Waals surface area contributed by atoms with Crippen molar-refractivity contribution in [2.75, 3.05) is 23.8 Å². The van der Waals surface area contributed by atoms with Gasteiger partial charge in [-0.05, 0) is 40.3 Å². The van der Waals surface area contributed by atoms with Crippen molar-refractivity contribution >= 4 is 46.1 Å². The molecule has 1 aromatic rings. The Kier molecular flexibility index (Phi) is 5.82. The fraction of sp³-hybridized carbons (Fsp3) is 0.500. The molecule has 0 aliphatic carbocycles. The van der Waals surface area contributed by atoms with E-state index in [0.717, 1.165) is 18.3 Å². The smallest absolute Gasteiger partial charge is 0.0263 e. The largest absolute Gasteiger partial charge is 0.312 e. The third-order valence-electron chi connectivity index (χ3n) is 2.50. The molecular weight excluding hydrogens is 349 g/mol. The minimum Gasteiger partial charge on any atom is -0.312 e. The SMILES string of the molecule is Ic1ccc(CNCC2CSCCS2)cc1. The Morgan fingerprint density at radius 3 is 2.75 bits per heavy atom. The predicted octanol–water partition coefficient (Wildman–Crippen LogP) is 3.23. The minimum absolute atomic E-state index is 0.808. The Bertz CT molecular complexity index is 309. The number of nitrogens with one attached hydrogen (secondary N) is 1. The summed E-state index contributed by atoms with van der Waals surface area (Å²) in [6.45, 7) is 2.14. The molecule has 0 radical (unpaired) electrons. The van der Waals surface area contributed by atoms with Gasteiger partial charge in [0, 0.05) is 39.2 Å². The summed E-state index contributed by atoms with van der Waals surface area (Å²) in [5.74, 6) is 3.96. The lowest BCUT2D eigenvalue weighted by atomic mass is 10.2. The summed E-state index contributed by atoms with van der Waals surface area (Å²) >= 11 is 6.55. The normalized spacial score (nSPS) is 20.9. The second-order valence-corrected chi connectivity index (χ2v) is 7.63. The van der Waals surface area contributed by atoms with Crippen molar-refractivity contribution in [2.24, 2.45) is 0 Å². The van der Waals surface area contributed by atoms with Gasteiger partial charge in [-0.1, -0.05) is 12.1 Å². The molecule has 0 bridgehead atoms. The highest BCUT2D eigenvalue weighted by Crippen LogP contribution is 2.23. The molecule has 0 amide bonds. The van der Waals surface area contributed by atoms with Gasteiger partial charge in [0.25, 0.3) is 0 Å². The third kappa shape index (κ3) is 4.47. The van der Waals surface area contributed by atoms with E-state index in [2.05, 4.69) is 75.7 Å². The molecule has 1 aromatic carbocycles. The first-order valence-electron chi connectivity index (χ1n) is 5.49. The number of hydrogen-bond acceptors (Lipinski definition) is 3. The first-order valence-corrected chi connectivity index (χ1v) is 8.77. The van der Waals surface area contributed by atoms with Crippen molar-refractivity contribution in [2.45, 2.75) is 11.8 Å². The van der Waals surface area contributed by atoms with Gasteiger partial charge in [-0.2, -0.15) is 23.5 Å². The highest BCUT2D eigenvalue weighted by Gasteiger charge is 2.13. The van der Waals surface area contributed by atoms with Crippen LogP contribution in [0.25, 0.3) is 0 Å². The number of halogens is 1. The van der Waals surface area contributed by atoms with E-state index in [0.29, 0.717) is 0 Å². The average Bonchev–Trinajstić information content (AvgIpc) is 2.33. The topological polar surface area (TPSA) is 12.0 Å². The summed E-state index contributed by atoms with van der Waals surface area (Å²) in [5.41, 5.74) is 1.38. The van der Waals surface area contributed by atoms with E-state index in [1.807, 2.05) is 0 Å². The van der Waals surface area contributed by atoms with E-state index in [-0.39, 0.29) is 0 Å². The lowest BCUT2D eigenvalue weighted by molar-refractivity contribution is 0.686. The number of rotatable bonds is 4. The Morgan fingerprint density at radius 2 is 2.06 bits per heavy atom. The van der Waals surface area contributed by atoms with Crippen LogP contribution in [0, 0.1) is 3.57 Å². The standard InChI is InChI=1S/C12H16INS2/c13-11-3-1-10(2-4-11)7-14-8-12-9-15-5-6-16-12/h1-4,12,14H,5-9H2. The van der Waals surface area contributed by atoms with Crippen LogP contribution >= 0.6 is 46.1 Å². The van der Waals surface area contributed by atoms with Gasteiger partial charge in [-0.3, -0.25) is 0 Å². The van der Waals surface area contributed by atoms with Crippen LogP contribution in [0.1, 0.15) is 5.56 Å². The lowest BCUT2D eigenvalue weighted by Gasteiger charge is -2.21. The van der Waals surface area contributed by atoms with Crippen LogP contribution in [-0.4, -0.2) is 29.1 Å². The molecule has 1 N–H and O–H groups in total. The molecular formula is C12H16INS2. The summed E-state index contributed by atoms with van der Waals surface area (Å²) < 4.78 is 1.31.